The Morgan fingerprint density at radius 3 is 2.25 bits per heavy atom. The summed E-state index contributed by atoms with van der Waals surface area (Å²) in [5.41, 5.74) is 18.3. The third-order valence-electron chi connectivity index (χ3n) is 12.8. The number of allylic oxidation sites excluding steroid dienone is 4. The van der Waals surface area contributed by atoms with Crippen molar-refractivity contribution < 1.29 is 4.42 Å². The van der Waals surface area contributed by atoms with Crippen LogP contribution in [0.1, 0.15) is 42.0 Å². The molecule has 0 radical (unpaired) electrons. The molecule has 56 heavy (non-hydrogen) atoms. The van der Waals surface area contributed by atoms with Gasteiger partial charge in [0.25, 0.3) is 0 Å². The third kappa shape index (κ3) is 3.88. The van der Waals surface area contributed by atoms with Crippen molar-refractivity contribution in [2.75, 3.05) is 0 Å². The fraction of sp³-hybridized carbons (Fsp3) is 0.0769. The van der Waals surface area contributed by atoms with Gasteiger partial charge in [0, 0.05) is 37.9 Å². The fourth-order valence-corrected chi connectivity index (χ4v) is 10.3. The molecule has 10 aromatic rings. The van der Waals surface area contributed by atoms with Crippen LogP contribution in [0.5, 0.6) is 0 Å². The monoisotopic (exact) mass is 715 g/mol. The number of hydrogen-bond acceptors (Lipinski definition) is 3. The lowest BCUT2D eigenvalue weighted by Gasteiger charge is -2.35. The summed E-state index contributed by atoms with van der Waals surface area (Å²) in [5, 5.41) is 5.75. The lowest BCUT2D eigenvalue weighted by molar-refractivity contribution is 0.669. The van der Waals surface area contributed by atoms with Crippen LogP contribution < -0.4 is 0 Å². The van der Waals surface area contributed by atoms with E-state index in [0.717, 1.165) is 73.5 Å². The number of nitrogens with zero attached hydrogens (tertiary/aromatic N) is 3. The van der Waals surface area contributed by atoms with Gasteiger partial charge in [0.2, 0.25) is 5.95 Å². The topological polar surface area (TPSA) is 43.9 Å². The van der Waals surface area contributed by atoms with Crippen molar-refractivity contribution in [2.24, 2.45) is 0 Å². The van der Waals surface area contributed by atoms with E-state index < -0.39 is 0 Å². The number of furan rings is 1. The number of para-hydroxylation sites is 2. The summed E-state index contributed by atoms with van der Waals surface area (Å²) in [7, 11) is 0. The Morgan fingerprint density at radius 1 is 0.571 bits per heavy atom. The van der Waals surface area contributed by atoms with Crippen molar-refractivity contribution in [2.45, 2.75) is 25.2 Å². The van der Waals surface area contributed by atoms with Crippen molar-refractivity contribution in [3.8, 4) is 39.5 Å². The maximum atomic E-state index is 6.15. The first-order chi connectivity index (χ1) is 27.6. The SMILES string of the molecule is CC12c3cc(C4=CCCC=C4)ccc3-c3cccc(c31)-c1nc(-n3c4ccccc4c4cc(-c5ccc6oc7ccccc7c6c5)ccc43)nc3cccc2c13. The Kier molecular flexibility index (Phi) is 5.84. The van der Waals surface area contributed by atoms with E-state index in [1.807, 2.05) is 12.1 Å². The molecule has 3 aliphatic rings. The summed E-state index contributed by atoms with van der Waals surface area (Å²) < 4.78 is 8.41. The molecule has 3 heterocycles. The van der Waals surface area contributed by atoms with E-state index in [4.69, 9.17) is 14.4 Å². The highest BCUT2D eigenvalue weighted by atomic mass is 16.3. The number of rotatable bonds is 3. The predicted molar refractivity (Wildman–Crippen MR) is 229 cm³/mol. The highest BCUT2D eigenvalue weighted by Crippen LogP contribution is 2.60. The minimum atomic E-state index is -0.331. The molecule has 3 aromatic heterocycles. The highest BCUT2D eigenvalue weighted by molar-refractivity contribution is 6.12. The van der Waals surface area contributed by atoms with Crippen LogP contribution in [0.15, 0.2) is 162 Å². The molecular formula is C52H33N3O. The molecule has 3 aliphatic carbocycles. The molecule has 0 saturated heterocycles. The Bertz CT molecular complexity index is 3450. The average molecular weight is 716 g/mol. The van der Waals surface area contributed by atoms with E-state index in [9.17, 15) is 0 Å². The van der Waals surface area contributed by atoms with Crippen LogP contribution >= 0.6 is 0 Å². The second kappa shape index (κ2) is 10.8. The maximum absolute atomic E-state index is 6.15. The summed E-state index contributed by atoms with van der Waals surface area (Å²) in [6, 6.07) is 50.7. The minimum absolute atomic E-state index is 0.331. The van der Waals surface area contributed by atoms with E-state index in [0.29, 0.717) is 5.95 Å². The molecule has 7 aromatic carbocycles. The van der Waals surface area contributed by atoms with Crippen LogP contribution in [0.2, 0.25) is 0 Å². The summed E-state index contributed by atoms with van der Waals surface area (Å²) >= 11 is 0. The van der Waals surface area contributed by atoms with E-state index in [-0.39, 0.29) is 5.41 Å². The number of aromatic nitrogens is 3. The Balaban J connectivity index is 1.02. The summed E-state index contributed by atoms with van der Waals surface area (Å²) in [6.07, 6.45) is 9.15. The second-order valence-corrected chi connectivity index (χ2v) is 15.7. The fourth-order valence-electron chi connectivity index (χ4n) is 10.3. The molecule has 4 heteroatoms. The second-order valence-electron chi connectivity index (χ2n) is 15.7. The lowest BCUT2D eigenvalue weighted by Crippen LogP contribution is -2.27. The first-order valence-electron chi connectivity index (χ1n) is 19.6. The zero-order valence-electron chi connectivity index (χ0n) is 30.7. The summed E-state index contributed by atoms with van der Waals surface area (Å²) in [6.45, 7) is 2.42. The van der Waals surface area contributed by atoms with Gasteiger partial charge in [0.05, 0.1) is 22.2 Å². The smallest absolute Gasteiger partial charge is 0.235 e. The van der Waals surface area contributed by atoms with Gasteiger partial charge in [-0.15, -0.1) is 0 Å². The third-order valence-corrected chi connectivity index (χ3v) is 12.8. The molecule has 1 atom stereocenters. The van der Waals surface area contributed by atoms with Crippen molar-refractivity contribution in [1.82, 2.24) is 14.5 Å². The van der Waals surface area contributed by atoms with Crippen molar-refractivity contribution in [3.05, 3.63) is 180 Å². The molecule has 0 saturated carbocycles. The molecule has 13 rings (SSSR count). The van der Waals surface area contributed by atoms with Crippen LogP contribution in [0.3, 0.4) is 0 Å². The average Bonchev–Trinajstić information content (AvgIpc) is 3.88. The van der Waals surface area contributed by atoms with Gasteiger partial charge >= 0.3 is 0 Å². The van der Waals surface area contributed by atoms with Gasteiger partial charge in [-0.1, -0.05) is 109 Å². The lowest BCUT2D eigenvalue weighted by atomic mass is 9.67. The minimum Gasteiger partial charge on any atom is -0.456 e. The molecule has 0 bridgehead atoms. The van der Waals surface area contributed by atoms with Gasteiger partial charge < -0.3 is 4.42 Å². The maximum Gasteiger partial charge on any atom is 0.235 e. The van der Waals surface area contributed by atoms with Crippen molar-refractivity contribution in [1.29, 1.82) is 0 Å². The molecule has 262 valence electrons. The molecule has 0 amide bonds. The quantitative estimate of drug-likeness (QED) is 0.183. The highest BCUT2D eigenvalue weighted by Gasteiger charge is 2.47. The Hall–Kier alpha value is -7.04. The van der Waals surface area contributed by atoms with Crippen LogP contribution in [-0.4, -0.2) is 14.5 Å². The number of fused-ring (bicyclic) bond motifs is 11. The molecular weight excluding hydrogens is 683 g/mol. The Labute approximate surface area is 322 Å². The largest absolute Gasteiger partial charge is 0.456 e. The summed E-state index contributed by atoms with van der Waals surface area (Å²) in [5.74, 6) is 0.685. The van der Waals surface area contributed by atoms with Crippen LogP contribution in [-0.2, 0) is 5.41 Å². The zero-order chi connectivity index (χ0) is 36.7. The van der Waals surface area contributed by atoms with Crippen LogP contribution in [0.4, 0.5) is 0 Å². The predicted octanol–water partition coefficient (Wildman–Crippen LogP) is 13.3. The van der Waals surface area contributed by atoms with Gasteiger partial charge in [-0.3, -0.25) is 4.57 Å². The van der Waals surface area contributed by atoms with E-state index in [1.54, 1.807) is 0 Å². The molecule has 0 spiro atoms. The normalized spacial score (nSPS) is 16.6. The summed E-state index contributed by atoms with van der Waals surface area (Å²) in [4.78, 5) is 11.0. The molecule has 0 aliphatic heterocycles. The van der Waals surface area contributed by atoms with E-state index in [2.05, 4.69) is 157 Å². The van der Waals surface area contributed by atoms with Gasteiger partial charge in [-0.05, 0) is 118 Å². The molecule has 1 unspecified atom stereocenters. The molecule has 0 fully saturated rings. The van der Waals surface area contributed by atoms with E-state index >= 15 is 0 Å². The first-order valence-corrected chi connectivity index (χ1v) is 19.6. The van der Waals surface area contributed by atoms with Gasteiger partial charge in [0.15, 0.2) is 0 Å². The first kappa shape index (κ1) is 30.3. The zero-order valence-corrected chi connectivity index (χ0v) is 30.7. The van der Waals surface area contributed by atoms with Crippen molar-refractivity contribution >= 4 is 60.2 Å². The van der Waals surface area contributed by atoms with Crippen molar-refractivity contribution in [3.63, 3.8) is 0 Å². The van der Waals surface area contributed by atoms with Gasteiger partial charge in [-0.25, -0.2) is 9.97 Å². The van der Waals surface area contributed by atoms with Crippen LogP contribution in [0.25, 0.3) is 99.7 Å². The molecule has 4 nitrogen and oxygen atoms in total. The number of hydrogen-bond donors (Lipinski definition) is 0. The van der Waals surface area contributed by atoms with E-state index in [1.165, 1.54) is 55.3 Å². The number of benzene rings is 7. The van der Waals surface area contributed by atoms with Gasteiger partial charge in [-0.2, -0.15) is 0 Å². The van der Waals surface area contributed by atoms with Crippen LogP contribution in [0, 0.1) is 0 Å². The van der Waals surface area contributed by atoms with Gasteiger partial charge in [0.1, 0.15) is 11.2 Å². The molecule has 0 N–H and O–H groups in total. The standard InChI is InChI=1S/C52H33N3O/c1-52-41-17-10-18-43-48(41)50(38-16-9-15-37(49(38)52)34-24-21-33(29-42(34)52)30-11-3-2-4-12-30)54-51(53-43)55-44-19-7-5-13-35(44)39-27-31(22-25-45(39)55)32-23-26-47-40(28-32)36-14-6-8-20-46(36)56-47/h3,5-29H,2,4H2,1H3. The Morgan fingerprint density at radius 2 is 1.34 bits per heavy atom.